The van der Waals surface area contributed by atoms with Gasteiger partial charge in [0.05, 0.1) is 4.91 Å². The number of benzene rings is 2. The largest absolute Gasteiger partial charge is 0.479 e. The van der Waals surface area contributed by atoms with E-state index in [1.807, 2.05) is 13.0 Å². The fourth-order valence-corrected chi connectivity index (χ4v) is 3.60. The number of carbonyl (C=O) groups is 3. The molecule has 0 saturated carbocycles. The number of nitrogens with one attached hydrogen (secondary N) is 1. The highest BCUT2D eigenvalue weighted by Gasteiger charge is 2.36. The Morgan fingerprint density at radius 3 is 2.67 bits per heavy atom. The van der Waals surface area contributed by atoms with Crippen molar-refractivity contribution in [2.24, 2.45) is 0 Å². The smallest absolute Gasteiger partial charge is 0.294 e. The van der Waals surface area contributed by atoms with E-state index in [1.54, 1.807) is 48.5 Å². The van der Waals surface area contributed by atoms with Crippen LogP contribution in [0.4, 0.5) is 10.5 Å². The Hall–Kier alpha value is -3.28. The van der Waals surface area contributed by atoms with Crippen molar-refractivity contribution in [3.05, 3.63) is 63.5 Å². The highest BCUT2D eigenvalue weighted by Crippen LogP contribution is 2.32. The number of aryl methyl sites for hydroxylation is 1. The van der Waals surface area contributed by atoms with Crippen LogP contribution in [-0.2, 0) is 9.59 Å². The molecule has 3 rings (SSSR count). The number of amides is 3. The molecule has 3 amide bonds. The van der Waals surface area contributed by atoms with Crippen LogP contribution in [0.5, 0.6) is 5.75 Å². The predicted octanol–water partition coefficient (Wildman–Crippen LogP) is 4.23. The SMILES string of the molecule is Cc1ccc(NC(=O)CN2C(=O)S/C(=C\c3ccc(OCC#N)cc3)C2=O)cc1Cl. The highest BCUT2D eigenvalue weighted by molar-refractivity contribution is 8.18. The fourth-order valence-electron chi connectivity index (χ4n) is 2.58. The summed E-state index contributed by atoms with van der Waals surface area (Å²) in [4.78, 5) is 38.2. The number of halogens is 1. The first-order chi connectivity index (χ1) is 14.4. The summed E-state index contributed by atoms with van der Waals surface area (Å²) in [5, 5.41) is 11.1. The molecule has 1 N–H and O–H groups in total. The lowest BCUT2D eigenvalue weighted by Gasteiger charge is -2.13. The zero-order valence-corrected chi connectivity index (χ0v) is 17.4. The maximum atomic E-state index is 12.6. The number of anilines is 1. The molecule has 0 bridgehead atoms. The summed E-state index contributed by atoms with van der Waals surface area (Å²) in [7, 11) is 0. The second kappa shape index (κ2) is 9.48. The summed E-state index contributed by atoms with van der Waals surface area (Å²) in [6.07, 6.45) is 1.57. The van der Waals surface area contributed by atoms with Gasteiger partial charge in [-0.3, -0.25) is 19.3 Å². The number of nitrogens with zero attached hydrogens (tertiary/aromatic N) is 2. The van der Waals surface area contributed by atoms with Gasteiger partial charge in [-0.05, 0) is 60.2 Å². The zero-order valence-electron chi connectivity index (χ0n) is 15.8. The molecule has 1 aliphatic rings. The molecule has 30 heavy (non-hydrogen) atoms. The van der Waals surface area contributed by atoms with Crippen LogP contribution < -0.4 is 10.1 Å². The van der Waals surface area contributed by atoms with Gasteiger partial charge in [-0.1, -0.05) is 29.8 Å². The van der Waals surface area contributed by atoms with E-state index in [0.29, 0.717) is 22.0 Å². The van der Waals surface area contributed by atoms with Crippen LogP contribution in [0.2, 0.25) is 5.02 Å². The summed E-state index contributed by atoms with van der Waals surface area (Å²) >= 11 is 6.81. The summed E-state index contributed by atoms with van der Waals surface area (Å²) in [6, 6.07) is 13.7. The van der Waals surface area contributed by atoms with Gasteiger partial charge >= 0.3 is 0 Å². The number of hydrogen-bond acceptors (Lipinski definition) is 6. The summed E-state index contributed by atoms with van der Waals surface area (Å²) < 4.78 is 5.17. The molecule has 1 heterocycles. The molecule has 2 aromatic rings. The molecule has 1 fully saturated rings. The van der Waals surface area contributed by atoms with Gasteiger partial charge < -0.3 is 10.1 Å². The van der Waals surface area contributed by atoms with Crippen molar-refractivity contribution in [1.82, 2.24) is 4.90 Å². The number of nitriles is 1. The third kappa shape index (κ3) is 5.20. The lowest BCUT2D eigenvalue weighted by molar-refractivity contribution is -0.127. The minimum atomic E-state index is -0.535. The molecular weight excluding hydrogens is 426 g/mol. The van der Waals surface area contributed by atoms with Crippen LogP contribution in [0.25, 0.3) is 6.08 Å². The number of imide groups is 1. The van der Waals surface area contributed by atoms with Gasteiger partial charge in [0, 0.05) is 10.7 Å². The highest BCUT2D eigenvalue weighted by atomic mass is 35.5. The molecule has 0 radical (unpaired) electrons. The first kappa shape index (κ1) is 21.4. The van der Waals surface area contributed by atoms with Crippen molar-refractivity contribution >= 4 is 52.2 Å². The van der Waals surface area contributed by atoms with E-state index in [2.05, 4.69) is 5.32 Å². The number of carbonyl (C=O) groups excluding carboxylic acids is 3. The molecule has 1 aliphatic heterocycles. The van der Waals surface area contributed by atoms with Crippen molar-refractivity contribution in [3.63, 3.8) is 0 Å². The van der Waals surface area contributed by atoms with Crippen LogP contribution in [0.15, 0.2) is 47.4 Å². The lowest BCUT2D eigenvalue weighted by Crippen LogP contribution is -2.36. The molecule has 152 valence electrons. The molecule has 0 aromatic heterocycles. The first-order valence-electron chi connectivity index (χ1n) is 8.78. The van der Waals surface area contributed by atoms with Crippen molar-refractivity contribution in [2.75, 3.05) is 18.5 Å². The number of hydrogen-bond donors (Lipinski definition) is 1. The Morgan fingerprint density at radius 2 is 2.00 bits per heavy atom. The van der Waals surface area contributed by atoms with Gasteiger partial charge in [-0.2, -0.15) is 5.26 Å². The number of thioether (sulfide) groups is 1. The molecule has 0 unspecified atom stereocenters. The Morgan fingerprint density at radius 1 is 1.27 bits per heavy atom. The molecule has 2 aromatic carbocycles. The van der Waals surface area contributed by atoms with Crippen LogP contribution in [-0.4, -0.2) is 35.1 Å². The molecular formula is C21H16ClN3O4S. The maximum Gasteiger partial charge on any atom is 0.294 e. The monoisotopic (exact) mass is 441 g/mol. The molecule has 7 nitrogen and oxygen atoms in total. The number of rotatable bonds is 6. The van der Waals surface area contributed by atoms with E-state index in [9.17, 15) is 14.4 Å². The second-order valence-electron chi connectivity index (χ2n) is 6.30. The summed E-state index contributed by atoms with van der Waals surface area (Å²) in [5.74, 6) is -0.515. The van der Waals surface area contributed by atoms with E-state index in [4.69, 9.17) is 21.6 Å². The molecule has 0 aliphatic carbocycles. The van der Waals surface area contributed by atoms with E-state index < -0.39 is 23.6 Å². The van der Waals surface area contributed by atoms with Gasteiger partial charge in [0.1, 0.15) is 18.4 Å². The molecule has 0 atom stereocenters. The minimum Gasteiger partial charge on any atom is -0.479 e. The van der Waals surface area contributed by atoms with E-state index >= 15 is 0 Å². The van der Waals surface area contributed by atoms with Gasteiger partial charge in [0.25, 0.3) is 11.1 Å². The third-order valence-electron chi connectivity index (χ3n) is 4.11. The minimum absolute atomic E-state index is 0.0604. The topological polar surface area (TPSA) is 99.5 Å². The lowest BCUT2D eigenvalue weighted by atomic mass is 10.2. The van der Waals surface area contributed by atoms with Gasteiger partial charge in [-0.15, -0.1) is 0 Å². The second-order valence-corrected chi connectivity index (χ2v) is 7.70. The molecule has 1 saturated heterocycles. The fraction of sp³-hybridized carbons (Fsp3) is 0.143. The Labute approximate surface area is 182 Å². The van der Waals surface area contributed by atoms with Crippen molar-refractivity contribution < 1.29 is 19.1 Å². The van der Waals surface area contributed by atoms with Crippen LogP contribution in [0, 0.1) is 18.3 Å². The zero-order chi connectivity index (χ0) is 21.7. The maximum absolute atomic E-state index is 12.6. The van der Waals surface area contributed by atoms with Crippen LogP contribution >= 0.6 is 23.4 Å². The Bertz CT molecular complexity index is 1080. The summed E-state index contributed by atoms with van der Waals surface area (Å²) in [6.45, 7) is 1.39. The number of ether oxygens (including phenoxy) is 1. The van der Waals surface area contributed by atoms with Gasteiger partial charge in [-0.25, -0.2) is 0 Å². The van der Waals surface area contributed by atoms with E-state index in [-0.39, 0.29) is 11.5 Å². The predicted molar refractivity (Wildman–Crippen MR) is 115 cm³/mol. The van der Waals surface area contributed by atoms with Gasteiger partial charge in [0.2, 0.25) is 5.91 Å². The van der Waals surface area contributed by atoms with E-state index in [1.165, 1.54) is 0 Å². The molecule has 9 heteroatoms. The average Bonchev–Trinajstić information content (AvgIpc) is 2.97. The quantitative estimate of drug-likeness (QED) is 0.673. The van der Waals surface area contributed by atoms with E-state index in [0.717, 1.165) is 22.2 Å². The van der Waals surface area contributed by atoms with Crippen LogP contribution in [0.3, 0.4) is 0 Å². The summed E-state index contributed by atoms with van der Waals surface area (Å²) in [5.41, 5.74) is 2.04. The standard InChI is InChI=1S/C21H16ClN3O4S/c1-13-2-5-15(11-17(13)22)24-19(26)12-25-20(27)18(30-21(25)28)10-14-3-6-16(7-4-14)29-9-8-23/h2-7,10-11H,9,12H2,1H3,(H,24,26)/b18-10-. The molecule has 0 spiro atoms. The Kier molecular flexibility index (Phi) is 6.77. The van der Waals surface area contributed by atoms with Gasteiger partial charge in [0.15, 0.2) is 6.61 Å². The normalized spacial score (nSPS) is 14.7. The van der Waals surface area contributed by atoms with Crippen molar-refractivity contribution in [2.45, 2.75) is 6.92 Å². The average molecular weight is 442 g/mol. The van der Waals surface area contributed by atoms with Crippen molar-refractivity contribution in [1.29, 1.82) is 5.26 Å². The first-order valence-corrected chi connectivity index (χ1v) is 9.98. The van der Waals surface area contributed by atoms with Crippen LogP contribution in [0.1, 0.15) is 11.1 Å². The Balaban J connectivity index is 1.65. The van der Waals surface area contributed by atoms with Crippen molar-refractivity contribution in [3.8, 4) is 11.8 Å². The third-order valence-corrected chi connectivity index (χ3v) is 5.43.